The number of carbonyl (C=O) groups is 1. The van der Waals surface area contributed by atoms with E-state index >= 15 is 0 Å². The molecular formula is C19H22BrClF2N4O3. The van der Waals surface area contributed by atoms with Crippen molar-refractivity contribution < 1.29 is 23.4 Å². The Kier molecular flexibility index (Phi) is 6.14. The molecule has 0 aliphatic carbocycles. The van der Waals surface area contributed by atoms with E-state index in [1.54, 1.807) is 32.6 Å². The minimum Gasteiger partial charge on any atom is -0.444 e. The van der Waals surface area contributed by atoms with E-state index in [9.17, 15) is 18.7 Å². The van der Waals surface area contributed by atoms with Crippen molar-refractivity contribution in [3.05, 3.63) is 27.5 Å². The first-order valence-electron chi connectivity index (χ1n) is 9.23. The lowest BCUT2D eigenvalue weighted by Crippen LogP contribution is -2.47. The fourth-order valence-corrected chi connectivity index (χ4v) is 3.77. The number of fused-ring (bicyclic) bond motifs is 1. The number of aliphatic hydroxyl groups is 1. The van der Waals surface area contributed by atoms with E-state index in [1.165, 1.54) is 4.90 Å². The van der Waals surface area contributed by atoms with Gasteiger partial charge in [0.1, 0.15) is 22.8 Å². The highest BCUT2D eigenvalue weighted by atomic mass is 79.9. The molecule has 1 N–H and O–H groups in total. The van der Waals surface area contributed by atoms with Gasteiger partial charge in [-0.1, -0.05) is 0 Å². The molecule has 1 saturated heterocycles. The Bertz CT molecular complexity index is 1000. The largest absolute Gasteiger partial charge is 0.444 e. The smallest absolute Gasteiger partial charge is 0.410 e. The summed E-state index contributed by atoms with van der Waals surface area (Å²) in [5.41, 5.74) is -2.18. The Hall–Kier alpha value is -1.78. The molecule has 0 bridgehead atoms. The summed E-state index contributed by atoms with van der Waals surface area (Å²) in [6.45, 7) is 7.33. The lowest BCUT2D eigenvalue weighted by molar-refractivity contribution is -0.000273. The maximum atomic E-state index is 14.6. The first kappa shape index (κ1) is 22.9. The average Bonchev–Trinajstić information content (AvgIpc) is 2.77. The number of hydrogen-bond acceptors (Lipinski definition) is 6. The molecule has 2 aromatic rings. The number of carbonyl (C=O) groups excluding carboxylic acids is 1. The van der Waals surface area contributed by atoms with E-state index in [0.717, 1.165) is 6.07 Å². The number of aromatic nitrogens is 2. The molecule has 1 fully saturated rings. The second-order valence-electron chi connectivity index (χ2n) is 8.52. The Morgan fingerprint density at radius 2 is 1.97 bits per heavy atom. The van der Waals surface area contributed by atoms with Crippen molar-refractivity contribution in [2.45, 2.75) is 38.9 Å². The zero-order chi connectivity index (χ0) is 22.4. The third-order valence-corrected chi connectivity index (χ3v) is 5.33. The van der Waals surface area contributed by atoms with E-state index in [2.05, 4.69) is 25.9 Å². The van der Waals surface area contributed by atoms with E-state index in [4.69, 9.17) is 16.3 Å². The first-order valence-corrected chi connectivity index (χ1v) is 10.4. The normalized spacial score (nSPS) is 20.4. The van der Waals surface area contributed by atoms with Gasteiger partial charge < -0.3 is 19.6 Å². The second-order valence-corrected chi connectivity index (χ2v) is 9.65. The van der Waals surface area contributed by atoms with Crippen LogP contribution in [0, 0.1) is 11.6 Å². The molecule has 1 amide bonds. The van der Waals surface area contributed by atoms with Crippen LogP contribution in [0.4, 0.5) is 19.4 Å². The highest BCUT2D eigenvalue weighted by Gasteiger charge is 2.36. The van der Waals surface area contributed by atoms with Crippen LogP contribution in [0.1, 0.15) is 27.7 Å². The van der Waals surface area contributed by atoms with Gasteiger partial charge in [0, 0.05) is 25.0 Å². The van der Waals surface area contributed by atoms with Gasteiger partial charge in [0.15, 0.2) is 5.82 Å². The quantitative estimate of drug-likeness (QED) is 0.462. The van der Waals surface area contributed by atoms with Crippen molar-refractivity contribution in [2.24, 2.45) is 0 Å². The van der Waals surface area contributed by atoms with Gasteiger partial charge in [-0.15, -0.1) is 0 Å². The van der Waals surface area contributed by atoms with Gasteiger partial charge in [0.2, 0.25) is 5.28 Å². The van der Waals surface area contributed by atoms with Gasteiger partial charge >= 0.3 is 6.09 Å². The van der Waals surface area contributed by atoms with Crippen molar-refractivity contribution in [2.75, 3.05) is 31.1 Å². The number of rotatable bonds is 1. The summed E-state index contributed by atoms with van der Waals surface area (Å²) >= 11 is 8.86. The topological polar surface area (TPSA) is 78.8 Å². The lowest BCUT2D eigenvalue weighted by atomic mass is 10.1. The van der Waals surface area contributed by atoms with Gasteiger partial charge in [0.05, 0.1) is 16.6 Å². The van der Waals surface area contributed by atoms with Crippen LogP contribution in [0.5, 0.6) is 0 Å². The maximum Gasteiger partial charge on any atom is 0.410 e. The molecule has 3 rings (SSSR count). The molecule has 30 heavy (non-hydrogen) atoms. The van der Waals surface area contributed by atoms with Crippen molar-refractivity contribution >= 4 is 50.3 Å². The molecule has 1 unspecified atom stereocenters. The van der Waals surface area contributed by atoms with Crippen LogP contribution in [-0.4, -0.2) is 63.4 Å². The minimum atomic E-state index is -1.34. The van der Waals surface area contributed by atoms with Crippen molar-refractivity contribution in [1.82, 2.24) is 14.9 Å². The van der Waals surface area contributed by atoms with Crippen LogP contribution in [0.15, 0.2) is 10.5 Å². The highest BCUT2D eigenvalue weighted by Crippen LogP contribution is 2.34. The summed E-state index contributed by atoms with van der Waals surface area (Å²) < 4.78 is 33.8. The lowest BCUT2D eigenvalue weighted by Gasteiger charge is -2.31. The average molecular weight is 508 g/mol. The zero-order valence-corrected chi connectivity index (χ0v) is 19.3. The molecule has 0 radical (unpaired) electrons. The summed E-state index contributed by atoms with van der Waals surface area (Å²) in [6.07, 6.45) is -0.559. The van der Waals surface area contributed by atoms with Crippen molar-refractivity contribution in [3.8, 4) is 0 Å². The number of nitrogens with zero attached hydrogens (tertiary/aromatic N) is 4. The van der Waals surface area contributed by atoms with Crippen LogP contribution in [0.2, 0.25) is 5.28 Å². The van der Waals surface area contributed by atoms with Crippen LogP contribution in [0.25, 0.3) is 10.9 Å². The SMILES string of the molecule is CC1(O)CN(C(=O)OC(C)(C)C)CCN(c2nc(Cl)nc3c(F)c(Br)c(F)cc23)C1. The Morgan fingerprint density at radius 1 is 1.30 bits per heavy atom. The van der Waals surface area contributed by atoms with E-state index < -0.39 is 28.9 Å². The maximum absolute atomic E-state index is 14.6. The molecule has 1 aliphatic rings. The number of halogens is 4. The van der Waals surface area contributed by atoms with Gasteiger partial charge in [0.25, 0.3) is 0 Å². The molecular weight excluding hydrogens is 486 g/mol. The molecule has 7 nitrogen and oxygen atoms in total. The molecule has 1 aromatic carbocycles. The van der Waals surface area contributed by atoms with Gasteiger partial charge in [-0.2, -0.15) is 4.98 Å². The molecule has 1 aliphatic heterocycles. The molecule has 164 valence electrons. The number of benzene rings is 1. The van der Waals surface area contributed by atoms with E-state index in [1.807, 2.05) is 0 Å². The number of hydrogen-bond donors (Lipinski definition) is 1. The number of ether oxygens (including phenoxy) is 1. The summed E-state index contributed by atoms with van der Waals surface area (Å²) in [7, 11) is 0. The fraction of sp³-hybridized carbons (Fsp3) is 0.526. The first-order chi connectivity index (χ1) is 13.8. The zero-order valence-electron chi connectivity index (χ0n) is 17.0. The summed E-state index contributed by atoms with van der Waals surface area (Å²) in [6, 6.07) is 1.11. The predicted octanol–water partition coefficient (Wildman–Crippen LogP) is 4.13. The van der Waals surface area contributed by atoms with Crippen LogP contribution in [-0.2, 0) is 4.74 Å². The Balaban J connectivity index is 2.01. The molecule has 0 spiro atoms. The second kappa shape index (κ2) is 8.05. The number of β-amino-alcohol motifs (C(OH)–C–C–N with tert-alkyl or cyclic N) is 1. The fourth-order valence-electron chi connectivity index (χ4n) is 3.31. The summed E-state index contributed by atoms with van der Waals surface area (Å²) in [4.78, 5) is 23.6. The molecule has 1 aromatic heterocycles. The highest BCUT2D eigenvalue weighted by molar-refractivity contribution is 9.10. The van der Waals surface area contributed by atoms with E-state index in [-0.39, 0.29) is 52.7 Å². The molecule has 0 saturated carbocycles. The van der Waals surface area contributed by atoms with Gasteiger partial charge in [-0.3, -0.25) is 0 Å². The third kappa shape index (κ3) is 4.92. The van der Waals surface area contributed by atoms with Crippen LogP contribution in [0.3, 0.4) is 0 Å². The van der Waals surface area contributed by atoms with Gasteiger partial charge in [-0.05, 0) is 61.3 Å². The standard InChI is InChI=1S/C19H22BrClF2N4O3/c1-18(2,3)30-17(28)27-6-5-26(8-19(4,29)9-27)15-10-7-11(22)12(20)13(23)14(10)24-16(21)25-15/h7,29H,5-6,8-9H2,1-4H3. The summed E-state index contributed by atoms with van der Waals surface area (Å²) in [5.74, 6) is -1.54. The summed E-state index contributed by atoms with van der Waals surface area (Å²) in [5, 5.41) is 10.8. The molecule has 11 heteroatoms. The molecule has 2 heterocycles. The number of amides is 1. The van der Waals surface area contributed by atoms with E-state index in [0.29, 0.717) is 0 Å². The van der Waals surface area contributed by atoms with Crippen LogP contribution >= 0.6 is 27.5 Å². The predicted molar refractivity (Wildman–Crippen MR) is 113 cm³/mol. The Morgan fingerprint density at radius 3 is 2.60 bits per heavy atom. The minimum absolute atomic E-state index is 0.0173. The van der Waals surface area contributed by atoms with Crippen LogP contribution < -0.4 is 4.90 Å². The number of anilines is 1. The van der Waals surface area contributed by atoms with Crippen molar-refractivity contribution in [3.63, 3.8) is 0 Å². The molecule has 1 atom stereocenters. The van der Waals surface area contributed by atoms with Crippen molar-refractivity contribution in [1.29, 1.82) is 0 Å². The monoisotopic (exact) mass is 506 g/mol. The van der Waals surface area contributed by atoms with Gasteiger partial charge in [-0.25, -0.2) is 18.6 Å². The Labute approximate surface area is 186 Å². The third-order valence-electron chi connectivity index (χ3n) is 4.43.